The van der Waals surface area contributed by atoms with Crippen LogP contribution in [0.3, 0.4) is 0 Å². The summed E-state index contributed by atoms with van der Waals surface area (Å²) in [4.78, 5) is 16.5. The van der Waals surface area contributed by atoms with Crippen LogP contribution in [0.15, 0.2) is 52.2 Å². The zero-order valence-corrected chi connectivity index (χ0v) is 15.8. The molecule has 8 heteroatoms. The molecule has 3 nitrogen and oxygen atoms in total. The van der Waals surface area contributed by atoms with Crippen LogP contribution >= 0.6 is 46.3 Å². The normalized spacial score (nSPS) is 10.7. The summed E-state index contributed by atoms with van der Waals surface area (Å²) in [5.41, 5.74) is 2.27. The summed E-state index contributed by atoms with van der Waals surface area (Å²) in [6.45, 7) is 0. The Bertz CT molecular complexity index is 900. The quantitative estimate of drug-likeness (QED) is 0.523. The molecule has 128 valence electrons. The minimum absolute atomic E-state index is 0.0296. The Kier molecular flexibility index (Phi) is 5.96. The lowest BCUT2D eigenvalue weighted by Crippen LogP contribution is -2.13. The van der Waals surface area contributed by atoms with Crippen molar-refractivity contribution in [3.8, 4) is 11.3 Å². The molecule has 0 aliphatic heterocycles. The summed E-state index contributed by atoms with van der Waals surface area (Å²) in [6, 6.07) is 11.5. The monoisotopic (exact) mass is 412 g/mol. The highest BCUT2D eigenvalue weighted by atomic mass is 35.5. The Morgan fingerprint density at radius 2 is 1.96 bits per heavy atom. The summed E-state index contributed by atoms with van der Waals surface area (Å²) in [5.74, 6) is -0.537. The number of hydrogen-bond acceptors (Lipinski definition) is 4. The van der Waals surface area contributed by atoms with Crippen molar-refractivity contribution in [3.05, 3.63) is 63.7 Å². The fourth-order valence-electron chi connectivity index (χ4n) is 1.98. The van der Waals surface area contributed by atoms with Crippen LogP contribution in [0.25, 0.3) is 11.3 Å². The zero-order chi connectivity index (χ0) is 17.8. The van der Waals surface area contributed by atoms with E-state index in [1.807, 2.05) is 29.6 Å². The van der Waals surface area contributed by atoms with Gasteiger partial charge in [0.25, 0.3) is 0 Å². The van der Waals surface area contributed by atoms with E-state index in [0.29, 0.717) is 10.7 Å². The summed E-state index contributed by atoms with van der Waals surface area (Å²) in [7, 11) is 0. The summed E-state index contributed by atoms with van der Waals surface area (Å²) in [6.07, 6.45) is 0. The highest BCUT2D eigenvalue weighted by Crippen LogP contribution is 2.29. The van der Waals surface area contributed by atoms with Gasteiger partial charge in [-0.25, -0.2) is 9.37 Å². The van der Waals surface area contributed by atoms with E-state index in [0.717, 1.165) is 15.6 Å². The number of rotatable bonds is 5. The van der Waals surface area contributed by atoms with E-state index >= 15 is 0 Å². The Hall–Kier alpha value is -1.60. The molecule has 0 aliphatic carbocycles. The Morgan fingerprint density at radius 1 is 1.20 bits per heavy atom. The standard InChI is InChI=1S/C17H11Cl2FN2OS2/c18-11-3-1-10(2-4-11)15-8-24-17(22-15)25-9-16(23)21-12-5-6-14(20)13(19)7-12/h1-8H,9H2,(H,21,23). The van der Waals surface area contributed by atoms with Crippen LogP contribution < -0.4 is 5.32 Å². The number of carbonyl (C=O) groups is 1. The van der Waals surface area contributed by atoms with E-state index in [2.05, 4.69) is 10.3 Å². The van der Waals surface area contributed by atoms with Gasteiger partial charge in [-0.05, 0) is 30.3 Å². The summed E-state index contributed by atoms with van der Waals surface area (Å²) in [5, 5.41) is 5.25. The van der Waals surface area contributed by atoms with Crippen LogP contribution in [-0.2, 0) is 4.79 Å². The molecule has 0 saturated heterocycles. The smallest absolute Gasteiger partial charge is 0.234 e. The average molecular weight is 413 g/mol. The van der Waals surface area contributed by atoms with E-state index in [-0.39, 0.29) is 16.7 Å². The predicted molar refractivity (Wildman–Crippen MR) is 103 cm³/mol. The summed E-state index contributed by atoms with van der Waals surface area (Å²) >= 11 is 14.4. The maximum absolute atomic E-state index is 13.1. The van der Waals surface area contributed by atoms with Crippen LogP contribution in [0.2, 0.25) is 10.0 Å². The van der Waals surface area contributed by atoms with Crippen molar-refractivity contribution in [1.82, 2.24) is 4.98 Å². The maximum Gasteiger partial charge on any atom is 0.234 e. The molecule has 0 bridgehead atoms. The SMILES string of the molecule is O=C(CSc1nc(-c2ccc(Cl)cc2)cs1)Nc1ccc(F)c(Cl)c1. The molecule has 0 atom stereocenters. The van der Waals surface area contributed by atoms with Gasteiger partial charge in [-0.15, -0.1) is 11.3 Å². The van der Waals surface area contributed by atoms with Crippen LogP contribution in [0.1, 0.15) is 0 Å². The number of hydrogen-bond donors (Lipinski definition) is 1. The van der Waals surface area contributed by atoms with E-state index in [4.69, 9.17) is 23.2 Å². The largest absolute Gasteiger partial charge is 0.325 e. The van der Waals surface area contributed by atoms with Crippen molar-refractivity contribution in [1.29, 1.82) is 0 Å². The third-order valence-electron chi connectivity index (χ3n) is 3.15. The van der Waals surface area contributed by atoms with E-state index in [9.17, 15) is 9.18 Å². The number of nitrogens with one attached hydrogen (secondary N) is 1. The van der Waals surface area contributed by atoms with Crippen LogP contribution in [0.5, 0.6) is 0 Å². The highest BCUT2D eigenvalue weighted by Gasteiger charge is 2.09. The van der Waals surface area contributed by atoms with Gasteiger partial charge in [0.2, 0.25) is 5.91 Å². The van der Waals surface area contributed by atoms with Crippen molar-refractivity contribution in [2.24, 2.45) is 0 Å². The highest BCUT2D eigenvalue weighted by molar-refractivity contribution is 8.01. The van der Waals surface area contributed by atoms with Gasteiger partial charge in [0, 0.05) is 21.7 Å². The lowest BCUT2D eigenvalue weighted by Gasteiger charge is -2.05. The topological polar surface area (TPSA) is 42.0 Å². The minimum Gasteiger partial charge on any atom is -0.325 e. The molecule has 1 aromatic heterocycles. The van der Waals surface area contributed by atoms with E-state index in [1.165, 1.54) is 41.3 Å². The lowest BCUT2D eigenvalue weighted by molar-refractivity contribution is -0.113. The molecule has 0 fully saturated rings. The van der Waals surface area contributed by atoms with Crippen molar-refractivity contribution in [2.45, 2.75) is 4.34 Å². The predicted octanol–water partition coefficient (Wildman–Crippen LogP) is 5.99. The second-order valence-electron chi connectivity index (χ2n) is 4.97. The average Bonchev–Trinajstić information content (AvgIpc) is 3.06. The first-order valence-electron chi connectivity index (χ1n) is 7.10. The molecule has 3 rings (SSSR count). The van der Waals surface area contributed by atoms with Crippen LogP contribution in [0, 0.1) is 5.82 Å². The van der Waals surface area contributed by atoms with Crippen molar-refractivity contribution in [2.75, 3.05) is 11.1 Å². The first-order valence-corrected chi connectivity index (χ1v) is 9.72. The molecule has 0 spiro atoms. The number of anilines is 1. The molecule has 0 aliphatic rings. The first kappa shape index (κ1) is 18.2. The van der Waals surface area contributed by atoms with Crippen molar-refractivity contribution >= 4 is 57.9 Å². The molecule has 3 aromatic rings. The zero-order valence-electron chi connectivity index (χ0n) is 12.6. The fraction of sp³-hybridized carbons (Fsp3) is 0.0588. The van der Waals surface area contributed by atoms with Crippen molar-refractivity contribution in [3.63, 3.8) is 0 Å². The molecule has 25 heavy (non-hydrogen) atoms. The third kappa shape index (κ3) is 4.95. The number of halogens is 3. The molecule has 0 unspecified atom stereocenters. The molecule has 0 radical (unpaired) electrons. The Balaban J connectivity index is 1.57. The van der Waals surface area contributed by atoms with Crippen molar-refractivity contribution < 1.29 is 9.18 Å². The van der Waals surface area contributed by atoms with Gasteiger partial charge in [-0.3, -0.25) is 4.79 Å². The van der Waals surface area contributed by atoms with Gasteiger partial charge in [-0.1, -0.05) is 47.1 Å². The number of benzene rings is 2. The first-order chi connectivity index (χ1) is 12.0. The number of thioether (sulfide) groups is 1. The van der Waals surface area contributed by atoms with Gasteiger partial charge >= 0.3 is 0 Å². The molecular formula is C17H11Cl2FN2OS2. The third-order valence-corrected chi connectivity index (χ3v) is 5.72. The number of carbonyl (C=O) groups excluding carboxylic acids is 1. The van der Waals surface area contributed by atoms with E-state index < -0.39 is 5.82 Å². The Morgan fingerprint density at radius 3 is 2.68 bits per heavy atom. The van der Waals surface area contributed by atoms with E-state index in [1.54, 1.807) is 0 Å². The lowest BCUT2D eigenvalue weighted by atomic mass is 10.2. The number of nitrogens with zero attached hydrogens (tertiary/aromatic N) is 1. The molecule has 1 heterocycles. The maximum atomic E-state index is 13.1. The molecule has 2 aromatic carbocycles. The second kappa shape index (κ2) is 8.19. The number of amides is 1. The van der Waals surface area contributed by atoms with Gasteiger partial charge in [0.1, 0.15) is 5.82 Å². The molecule has 1 amide bonds. The second-order valence-corrected chi connectivity index (χ2v) is 7.90. The van der Waals surface area contributed by atoms with Gasteiger partial charge < -0.3 is 5.32 Å². The van der Waals surface area contributed by atoms with Gasteiger partial charge in [-0.2, -0.15) is 0 Å². The van der Waals surface area contributed by atoms with Crippen LogP contribution in [0.4, 0.5) is 10.1 Å². The number of aromatic nitrogens is 1. The van der Waals surface area contributed by atoms with Gasteiger partial charge in [0.05, 0.1) is 16.5 Å². The Labute approximate surface area is 162 Å². The molecule has 1 N–H and O–H groups in total. The fourth-order valence-corrected chi connectivity index (χ4v) is 3.92. The number of thiazole rings is 1. The summed E-state index contributed by atoms with van der Waals surface area (Å²) < 4.78 is 13.9. The minimum atomic E-state index is -0.522. The molecular weight excluding hydrogens is 402 g/mol. The van der Waals surface area contributed by atoms with Crippen LogP contribution in [-0.4, -0.2) is 16.6 Å². The molecule has 0 saturated carbocycles. The van der Waals surface area contributed by atoms with Gasteiger partial charge in [0.15, 0.2) is 4.34 Å².